The predicted octanol–water partition coefficient (Wildman–Crippen LogP) is 14.2. The minimum absolute atomic E-state index is 0.556. The summed E-state index contributed by atoms with van der Waals surface area (Å²) in [4.78, 5) is 20.6. The third kappa shape index (κ3) is 5.65. The van der Waals surface area contributed by atoms with Gasteiger partial charge >= 0.3 is 0 Å². The molecule has 0 saturated heterocycles. The van der Waals surface area contributed by atoms with Crippen LogP contribution in [0.25, 0.3) is 122 Å². The summed E-state index contributed by atoms with van der Waals surface area (Å²) >= 11 is 0. The molecule has 0 aliphatic heterocycles. The fraction of sp³-hybridized carbons (Fsp3) is 0. The summed E-state index contributed by atoms with van der Waals surface area (Å²) in [5.41, 5.74) is 12.9. The van der Waals surface area contributed by atoms with E-state index in [0.717, 1.165) is 99.4 Å². The first kappa shape index (κ1) is 33.9. The van der Waals surface area contributed by atoms with Crippen molar-refractivity contribution in [1.82, 2.24) is 19.9 Å². The van der Waals surface area contributed by atoms with Crippen molar-refractivity contribution in [1.29, 1.82) is 0 Å². The third-order valence-corrected chi connectivity index (χ3v) is 11.3. The van der Waals surface area contributed by atoms with E-state index in [1.807, 2.05) is 91.0 Å². The van der Waals surface area contributed by atoms with Gasteiger partial charge in [0.2, 0.25) is 0 Å². The van der Waals surface area contributed by atoms with Crippen molar-refractivity contribution >= 4 is 54.8 Å². The van der Waals surface area contributed by atoms with E-state index in [9.17, 15) is 0 Å². The Kier molecular flexibility index (Phi) is 7.74. The summed E-state index contributed by atoms with van der Waals surface area (Å²) < 4.78 is 12.9. The SMILES string of the molecule is c1ccc(-c2cccc(-c3cccc4nc(-c5cccc(-c6nc(-c7ccccc7)nc(-c7ccc8oc9ccccc9c8c7)n6)c5)c5oc6ccccc6c5c34)c2)cc1. The lowest BCUT2D eigenvalue weighted by Crippen LogP contribution is -2.00. The minimum Gasteiger partial charge on any atom is -0.456 e. The maximum Gasteiger partial charge on any atom is 0.164 e. The molecule has 0 spiro atoms. The van der Waals surface area contributed by atoms with Gasteiger partial charge in [0.25, 0.3) is 0 Å². The number of pyridine rings is 1. The number of nitrogens with zero attached hydrogens (tertiary/aromatic N) is 4. The first-order valence-electron chi connectivity index (χ1n) is 20.0. The van der Waals surface area contributed by atoms with Crippen molar-refractivity contribution in [3.05, 3.63) is 194 Å². The Bertz CT molecular complexity index is 3610. The van der Waals surface area contributed by atoms with Gasteiger partial charge in [0, 0.05) is 49.2 Å². The quantitative estimate of drug-likeness (QED) is 0.168. The molecular formula is C54H32N4O2. The molecule has 0 bridgehead atoms. The smallest absolute Gasteiger partial charge is 0.164 e. The molecule has 0 atom stereocenters. The van der Waals surface area contributed by atoms with Crippen molar-refractivity contribution in [2.24, 2.45) is 0 Å². The Hall–Kier alpha value is -8.22. The zero-order chi connectivity index (χ0) is 39.6. The molecule has 12 rings (SSSR count). The lowest BCUT2D eigenvalue weighted by atomic mass is 9.93. The number of hydrogen-bond acceptors (Lipinski definition) is 6. The van der Waals surface area contributed by atoms with E-state index in [-0.39, 0.29) is 0 Å². The second kappa shape index (κ2) is 13.7. The highest BCUT2D eigenvalue weighted by atomic mass is 16.3. The van der Waals surface area contributed by atoms with Gasteiger partial charge in [-0.3, -0.25) is 0 Å². The highest BCUT2D eigenvalue weighted by Crippen LogP contribution is 2.44. The number of rotatable bonds is 6. The Morgan fingerprint density at radius 3 is 1.63 bits per heavy atom. The van der Waals surface area contributed by atoms with E-state index >= 15 is 0 Å². The molecule has 0 radical (unpaired) electrons. The fourth-order valence-corrected chi connectivity index (χ4v) is 8.48. The van der Waals surface area contributed by atoms with Crippen molar-refractivity contribution in [2.45, 2.75) is 0 Å². The normalized spacial score (nSPS) is 11.7. The van der Waals surface area contributed by atoms with Gasteiger partial charge in [-0.2, -0.15) is 0 Å². The first-order chi connectivity index (χ1) is 29.7. The van der Waals surface area contributed by atoms with Gasteiger partial charge in [-0.15, -0.1) is 0 Å². The van der Waals surface area contributed by atoms with Gasteiger partial charge in [0.05, 0.1) is 5.52 Å². The fourth-order valence-electron chi connectivity index (χ4n) is 8.48. The molecule has 0 saturated carbocycles. The molecule has 6 nitrogen and oxygen atoms in total. The van der Waals surface area contributed by atoms with E-state index in [4.69, 9.17) is 28.8 Å². The minimum atomic E-state index is 0.556. The second-order valence-corrected chi connectivity index (χ2v) is 15.0. The van der Waals surface area contributed by atoms with Crippen LogP contribution in [0.2, 0.25) is 0 Å². The first-order valence-corrected chi connectivity index (χ1v) is 20.0. The van der Waals surface area contributed by atoms with Gasteiger partial charge in [-0.05, 0) is 70.8 Å². The Morgan fingerprint density at radius 2 is 0.850 bits per heavy atom. The topological polar surface area (TPSA) is 77.8 Å². The molecule has 12 aromatic rings. The summed E-state index contributed by atoms with van der Waals surface area (Å²) in [6.45, 7) is 0. The number of para-hydroxylation sites is 2. The van der Waals surface area contributed by atoms with Crippen LogP contribution >= 0.6 is 0 Å². The maximum atomic E-state index is 6.78. The Morgan fingerprint density at radius 1 is 0.300 bits per heavy atom. The van der Waals surface area contributed by atoms with Crippen LogP contribution in [-0.4, -0.2) is 19.9 Å². The van der Waals surface area contributed by atoms with Crippen LogP contribution in [0.4, 0.5) is 0 Å². The Labute approximate surface area is 344 Å². The summed E-state index contributed by atoms with van der Waals surface area (Å²) in [6, 6.07) is 66.3. The highest BCUT2D eigenvalue weighted by molar-refractivity contribution is 6.24. The average molecular weight is 769 g/mol. The lowest BCUT2D eigenvalue weighted by molar-refractivity contribution is 0.668. The maximum absolute atomic E-state index is 6.78. The van der Waals surface area contributed by atoms with E-state index in [1.54, 1.807) is 0 Å². The van der Waals surface area contributed by atoms with Crippen LogP contribution in [0, 0.1) is 0 Å². The van der Waals surface area contributed by atoms with Crippen molar-refractivity contribution in [3.8, 4) is 67.7 Å². The van der Waals surface area contributed by atoms with Gasteiger partial charge in [-0.1, -0.05) is 146 Å². The van der Waals surface area contributed by atoms with Crippen molar-refractivity contribution < 1.29 is 8.83 Å². The summed E-state index contributed by atoms with van der Waals surface area (Å²) in [5.74, 6) is 1.72. The molecular weight excluding hydrogens is 737 g/mol. The lowest BCUT2D eigenvalue weighted by Gasteiger charge is -2.13. The molecule has 4 heterocycles. The molecule has 60 heavy (non-hydrogen) atoms. The van der Waals surface area contributed by atoms with E-state index < -0.39 is 0 Å². The number of hydrogen-bond donors (Lipinski definition) is 0. The molecule has 4 aromatic heterocycles. The molecule has 0 fully saturated rings. The van der Waals surface area contributed by atoms with Crippen molar-refractivity contribution in [3.63, 3.8) is 0 Å². The molecule has 0 N–H and O–H groups in total. The average Bonchev–Trinajstić information content (AvgIpc) is 3.90. The zero-order valence-electron chi connectivity index (χ0n) is 32.1. The molecule has 0 aliphatic carbocycles. The standard InChI is InChI=1S/C54H32N4O2/c1-3-14-33(15-4-1)35-18-11-19-36(30-35)40-24-13-25-44-48(40)49-42-23-8-10-27-46(42)60-51(49)50(55-44)37-20-12-21-38(31-37)53-56-52(34-16-5-2-6-17-34)57-54(58-53)39-28-29-47-43(32-39)41-22-7-9-26-45(41)59-47/h1-32H. The molecule has 0 amide bonds. The summed E-state index contributed by atoms with van der Waals surface area (Å²) in [7, 11) is 0. The van der Waals surface area contributed by atoms with E-state index in [0.29, 0.717) is 17.5 Å². The molecule has 280 valence electrons. The van der Waals surface area contributed by atoms with Gasteiger partial charge in [0.1, 0.15) is 22.4 Å². The largest absolute Gasteiger partial charge is 0.456 e. The van der Waals surface area contributed by atoms with Gasteiger partial charge < -0.3 is 8.83 Å². The molecule has 0 unspecified atom stereocenters. The van der Waals surface area contributed by atoms with E-state index in [2.05, 4.69) is 103 Å². The number of furan rings is 2. The number of aromatic nitrogens is 4. The van der Waals surface area contributed by atoms with Crippen LogP contribution < -0.4 is 0 Å². The van der Waals surface area contributed by atoms with Crippen LogP contribution in [0.15, 0.2) is 203 Å². The summed E-state index contributed by atoms with van der Waals surface area (Å²) in [5, 5.41) is 5.19. The Balaban J connectivity index is 1.04. The van der Waals surface area contributed by atoms with Crippen LogP contribution in [0.3, 0.4) is 0 Å². The van der Waals surface area contributed by atoms with E-state index in [1.165, 1.54) is 5.56 Å². The highest BCUT2D eigenvalue weighted by Gasteiger charge is 2.22. The summed E-state index contributed by atoms with van der Waals surface area (Å²) in [6.07, 6.45) is 0. The van der Waals surface area contributed by atoms with Gasteiger partial charge in [0.15, 0.2) is 23.1 Å². The molecule has 0 aliphatic rings. The van der Waals surface area contributed by atoms with Crippen molar-refractivity contribution in [2.75, 3.05) is 0 Å². The van der Waals surface area contributed by atoms with Crippen LogP contribution in [0.5, 0.6) is 0 Å². The second-order valence-electron chi connectivity index (χ2n) is 15.0. The molecule has 8 aromatic carbocycles. The number of fused-ring (bicyclic) bond motifs is 8. The predicted molar refractivity (Wildman–Crippen MR) is 242 cm³/mol. The van der Waals surface area contributed by atoms with Crippen LogP contribution in [-0.2, 0) is 0 Å². The molecule has 6 heteroatoms. The third-order valence-electron chi connectivity index (χ3n) is 11.3. The monoisotopic (exact) mass is 768 g/mol. The van der Waals surface area contributed by atoms with Crippen LogP contribution in [0.1, 0.15) is 0 Å². The van der Waals surface area contributed by atoms with Gasteiger partial charge in [-0.25, -0.2) is 19.9 Å². The zero-order valence-corrected chi connectivity index (χ0v) is 32.1. The number of benzene rings is 8.